The van der Waals surface area contributed by atoms with Crippen LogP contribution < -0.4 is 0 Å². The normalized spacial score (nSPS) is 12.4. The smallest absolute Gasteiger partial charge is 0.394 e. The standard InChI is InChI=1S/C3H8O3.H5O10P3.H3P/c4-1-3(6)2-5;1-11(2,3)9-13(7,8)10-12(4,5)6;/h3-6H,1-2H2;(H,7,8)(H2,1,2,3)(H2,4,5,6);1H3. The summed E-state index contributed by atoms with van der Waals surface area (Å²) in [6.07, 6.45) is -0.954. The second-order valence-electron chi connectivity index (χ2n) is 2.63. The van der Waals surface area contributed by atoms with Crippen molar-refractivity contribution in [1.29, 1.82) is 0 Å². The lowest BCUT2D eigenvalue weighted by Crippen LogP contribution is -2.15. The third-order valence-electron chi connectivity index (χ3n) is 0.841. The van der Waals surface area contributed by atoms with Crippen LogP contribution >= 0.6 is 33.4 Å². The quantitative estimate of drug-likeness (QED) is 0.225. The molecule has 0 aliphatic heterocycles. The first-order chi connectivity index (χ1) is 8.22. The SMILES string of the molecule is O=P(O)(O)OP(=O)(O)OP(=O)(O)O.OCC(O)CO.P. The third kappa shape index (κ3) is 21.0. The molecule has 0 aliphatic carbocycles. The number of phosphoric acid groups is 3. The number of hydrogen-bond donors (Lipinski definition) is 8. The summed E-state index contributed by atoms with van der Waals surface area (Å²) >= 11 is 0. The fourth-order valence-corrected chi connectivity index (χ4v) is 2.88. The maximum atomic E-state index is 10.4. The zero-order valence-corrected chi connectivity index (χ0v) is 13.8. The summed E-state index contributed by atoms with van der Waals surface area (Å²) in [5.41, 5.74) is 0. The van der Waals surface area contributed by atoms with Gasteiger partial charge in [-0.3, -0.25) is 0 Å². The van der Waals surface area contributed by atoms with Crippen molar-refractivity contribution in [1.82, 2.24) is 0 Å². The average Bonchev–Trinajstić information content (AvgIpc) is 2.09. The predicted octanol–water partition coefficient (Wildman–Crippen LogP) is -2.30. The molecule has 13 nitrogen and oxygen atoms in total. The zero-order chi connectivity index (χ0) is 15.9. The van der Waals surface area contributed by atoms with E-state index in [4.69, 9.17) is 39.8 Å². The van der Waals surface area contributed by atoms with Crippen LogP contribution in [-0.4, -0.2) is 59.1 Å². The molecule has 0 fully saturated rings. The van der Waals surface area contributed by atoms with Crippen molar-refractivity contribution < 1.29 is 62.1 Å². The van der Waals surface area contributed by atoms with Crippen molar-refractivity contribution >= 4 is 33.4 Å². The van der Waals surface area contributed by atoms with Gasteiger partial charge in [-0.2, -0.15) is 18.5 Å². The Morgan fingerprint density at radius 2 is 1.05 bits per heavy atom. The Hall–Kier alpha value is 0.720. The van der Waals surface area contributed by atoms with Crippen LogP contribution in [0.15, 0.2) is 0 Å². The molecular weight excluding hydrogens is 368 g/mol. The average molecular weight is 384 g/mol. The van der Waals surface area contributed by atoms with Crippen LogP contribution in [0.5, 0.6) is 0 Å². The largest absolute Gasteiger partial charge is 0.490 e. The molecule has 0 rings (SSSR count). The van der Waals surface area contributed by atoms with E-state index in [2.05, 4.69) is 8.62 Å². The minimum atomic E-state index is -5.46. The highest BCUT2D eigenvalue weighted by Crippen LogP contribution is 2.64. The van der Waals surface area contributed by atoms with Gasteiger partial charge < -0.3 is 39.8 Å². The van der Waals surface area contributed by atoms with Crippen LogP contribution in [0.1, 0.15) is 0 Å². The van der Waals surface area contributed by atoms with Crippen LogP contribution in [0.2, 0.25) is 0 Å². The van der Waals surface area contributed by atoms with Gasteiger partial charge in [0, 0.05) is 0 Å². The molecule has 0 saturated heterocycles. The minimum Gasteiger partial charge on any atom is -0.394 e. The fourth-order valence-electron chi connectivity index (χ4n) is 0.341. The van der Waals surface area contributed by atoms with Crippen molar-refractivity contribution in [2.24, 2.45) is 0 Å². The molecule has 0 aromatic heterocycles. The van der Waals surface area contributed by atoms with E-state index in [1.165, 1.54) is 0 Å². The zero-order valence-electron chi connectivity index (χ0n) is 9.66. The highest BCUT2D eigenvalue weighted by Gasteiger charge is 2.38. The molecule has 0 bridgehead atoms. The van der Waals surface area contributed by atoms with Gasteiger partial charge in [0.2, 0.25) is 0 Å². The third-order valence-corrected chi connectivity index (χ3v) is 4.19. The lowest BCUT2D eigenvalue weighted by Gasteiger charge is -2.11. The first kappa shape index (κ1) is 25.7. The molecule has 0 saturated carbocycles. The lowest BCUT2D eigenvalue weighted by molar-refractivity contribution is 0.0450. The van der Waals surface area contributed by atoms with E-state index < -0.39 is 29.6 Å². The summed E-state index contributed by atoms with van der Waals surface area (Å²) in [7, 11) is -16.2. The van der Waals surface area contributed by atoms with Crippen LogP contribution in [0.4, 0.5) is 0 Å². The van der Waals surface area contributed by atoms with E-state index in [0.29, 0.717) is 0 Å². The molecule has 126 valence electrons. The Morgan fingerprint density at radius 3 is 1.15 bits per heavy atom. The van der Waals surface area contributed by atoms with E-state index in [-0.39, 0.29) is 23.1 Å². The molecule has 0 radical (unpaired) electrons. The molecule has 0 heterocycles. The Balaban J connectivity index is -0.000000352. The number of rotatable bonds is 6. The Bertz CT molecular complexity index is 349. The van der Waals surface area contributed by atoms with Gasteiger partial charge in [0.1, 0.15) is 6.10 Å². The molecule has 17 heteroatoms. The van der Waals surface area contributed by atoms with Gasteiger partial charge >= 0.3 is 23.5 Å². The van der Waals surface area contributed by atoms with Crippen LogP contribution in [0.25, 0.3) is 0 Å². The van der Waals surface area contributed by atoms with E-state index >= 15 is 0 Å². The maximum Gasteiger partial charge on any atom is 0.490 e. The molecular formula is C3H16O13P4. The van der Waals surface area contributed by atoms with Gasteiger partial charge in [-0.25, -0.2) is 13.7 Å². The topological polar surface area (TPSA) is 232 Å². The second kappa shape index (κ2) is 10.4. The number of aliphatic hydroxyl groups is 3. The highest BCUT2D eigenvalue weighted by molar-refractivity contribution is 7.66. The van der Waals surface area contributed by atoms with Gasteiger partial charge in [0.25, 0.3) is 0 Å². The van der Waals surface area contributed by atoms with E-state index in [1.807, 2.05) is 0 Å². The molecule has 1 atom stereocenters. The highest BCUT2D eigenvalue weighted by atomic mass is 31.3. The van der Waals surface area contributed by atoms with Crippen molar-refractivity contribution in [3.05, 3.63) is 0 Å². The lowest BCUT2D eigenvalue weighted by atomic mass is 10.4. The second-order valence-corrected chi connectivity index (χ2v) is 6.84. The van der Waals surface area contributed by atoms with E-state index in [0.717, 1.165) is 0 Å². The van der Waals surface area contributed by atoms with E-state index in [1.54, 1.807) is 0 Å². The fraction of sp³-hybridized carbons (Fsp3) is 1.00. The van der Waals surface area contributed by atoms with Crippen molar-refractivity contribution in [3.63, 3.8) is 0 Å². The molecule has 20 heavy (non-hydrogen) atoms. The summed E-state index contributed by atoms with van der Waals surface area (Å²) in [6.45, 7) is -0.729. The number of aliphatic hydroxyl groups excluding tert-OH is 3. The van der Waals surface area contributed by atoms with Crippen molar-refractivity contribution in [3.8, 4) is 0 Å². The van der Waals surface area contributed by atoms with Crippen LogP contribution in [0.3, 0.4) is 0 Å². The van der Waals surface area contributed by atoms with Gasteiger partial charge in [-0.1, -0.05) is 0 Å². The first-order valence-electron chi connectivity index (χ1n) is 3.99. The molecule has 0 aliphatic rings. The van der Waals surface area contributed by atoms with E-state index in [9.17, 15) is 13.7 Å². The van der Waals surface area contributed by atoms with Gasteiger partial charge in [0.05, 0.1) is 13.2 Å². The molecule has 0 aromatic rings. The Kier molecular flexibility index (Phi) is 13.4. The Labute approximate surface area is 115 Å². The molecule has 0 aromatic carbocycles. The summed E-state index contributed by atoms with van der Waals surface area (Å²) < 4.78 is 36.4. The first-order valence-corrected chi connectivity index (χ1v) is 8.54. The summed E-state index contributed by atoms with van der Waals surface area (Å²) in [5, 5.41) is 24.0. The summed E-state index contributed by atoms with van der Waals surface area (Å²) in [5.74, 6) is 0. The monoisotopic (exact) mass is 384 g/mol. The van der Waals surface area contributed by atoms with Crippen LogP contribution in [-0.2, 0) is 22.3 Å². The van der Waals surface area contributed by atoms with Gasteiger partial charge in [-0.15, -0.1) is 0 Å². The van der Waals surface area contributed by atoms with Gasteiger partial charge in [0.15, 0.2) is 0 Å². The van der Waals surface area contributed by atoms with Crippen LogP contribution in [0, 0.1) is 0 Å². The predicted molar refractivity (Wildman–Crippen MR) is 67.4 cm³/mol. The molecule has 0 amide bonds. The summed E-state index contributed by atoms with van der Waals surface area (Å²) in [6, 6.07) is 0. The number of hydrogen-bond acceptors (Lipinski definition) is 8. The van der Waals surface area contributed by atoms with Gasteiger partial charge in [-0.05, 0) is 0 Å². The summed E-state index contributed by atoms with van der Waals surface area (Å²) in [4.78, 5) is 40.2. The molecule has 0 spiro atoms. The Morgan fingerprint density at radius 1 is 0.800 bits per heavy atom. The molecule has 8 N–H and O–H groups in total. The molecule has 1 unspecified atom stereocenters. The van der Waals surface area contributed by atoms with Crippen molar-refractivity contribution in [2.75, 3.05) is 13.2 Å². The minimum absolute atomic E-state index is 0. The van der Waals surface area contributed by atoms with Crippen molar-refractivity contribution in [2.45, 2.75) is 6.10 Å². The maximum absolute atomic E-state index is 10.4.